The second-order valence-corrected chi connectivity index (χ2v) is 7.25. The first-order valence-electron chi connectivity index (χ1n) is 9.01. The SMILES string of the molecule is COc1ccc(-n2cccc2/C=N\NC(=O)c2cc3cc(Br)cc(OC)c3o2)cc1. The van der Waals surface area contributed by atoms with Gasteiger partial charge < -0.3 is 18.5 Å². The van der Waals surface area contributed by atoms with E-state index in [0.717, 1.165) is 27.0 Å². The lowest BCUT2D eigenvalue weighted by Gasteiger charge is -2.07. The van der Waals surface area contributed by atoms with Crippen LogP contribution >= 0.6 is 15.9 Å². The first-order valence-corrected chi connectivity index (χ1v) is 9.80. The van der Waals surface area contributed by atoms with Gasteiger partial charge in [0.15, 0.2) is 17.1 Å². The number of furan rings is 1. The van der Waals surface area contributed by atoms with Crippen LogP contribution in [-0.4, -0.2) is 30.9 Å². The van der Waals surface area contributed by atoms with Gasteiger partial charge in [0.05, 0.1) is 26.1 Å². The third kappa shape index (κ3) is 3.95. The molecule has 30 heavy (non-hydrogen) atoms. The van der Waals surface area contributed by atoms with E-state index in [9.17, 15) is 4.79 Å². The smallest absolute Gasteiger partial charge is 0.307 e. The number of nitrogens with one attached hydrogen (secondary N) is 1. The first-order chi connectivity index (χ1) is 14.6. The summed E-state index contributed by atoms with van der Waals surface area (Å²) in [5.74, 6) is 1.01. The van der Waals surface area contributed by atoms with Crippen molar-refractivity contribution in [2.24, 2.45) is 5.10 Å². The molecule has 4 aromatic rings. The van der Waals surface area contributed by atoms with Gasteiger partial charge in [-0.05, 0) is 54.6 Å². The van der Waals surface area contributed by atoms with E-state index in [1.165, 1.54) is 0 Å². The maximum atomic E-state index is 12.5. The molecular weight excluding hydrogens is 450 g/mol. The number of carbonyl (C=O) groups excluding carboxylic acids is 1. The summed E-state index contributed by atoms with van der Waals surface area (Å²) >= 11 is 3.41. The van der Waals surface area contributed by atoms with Gasteiger partial charge in [0.2, 0.25) is 0 Å². The normalized spacial score (nSPS) is 11.2. The fourth-order valence-corrected chi connectivity index (χ4v) is 3.49. The summed E-state index contributed by atoms with van der Waals surface area (Å²) in [6, 6.07) is 16.7. The molecule has 8 heteroatoms. The van der Waals surface area contributed by atoms with Crippen LogP contribution in [0.25, 0.3) is 16.7 Å². The number of benzene rings is 2. The minimum absolute atomic E-state index is 0.143. The van der Waals surface area contributed by atoms with Crippen molar-refractivity contribution in [2.75, 3.05) is 14.2 Å². The molecule has 0 saturated carbocycles. The van der Waals surface area contributed by atoms with Gasteiger partial charge in [0, 0.05) is 21.7 Å². The van der Waals surface area contributed by atoms with Gasteiger partial charge in [-0.25, -0.2) is 5.43 Å². The van der Waals surface area contributed by atoms with Crippen LogP contribution in [-0.2, 0) is 0 Å². The summed E-state index contributed by atoms with van der Waals surface area (Å²) in [5.41, 5.74) is 4.75. The van der Waals surface area contributed by atoms with E-state index in [4.69, 9.17) is 13.9 Å². The van der Waals surface area contributed by atoms with Crippen molar-refractivity contribution in [1.82, 2.24) is 9.99 Å². The number of rotatable bonds is 6. The molecule has 0 fully saturated rings. The van der Waals surface area contributed by atoms with E-state index < -0.39 is 5.91 Å². The van der Waals surface area contributed by atoms with Crippen molar-refractivity contribution in [3.8, 4) is 17.2 Å². The van der Waals surface area contributed by atoms with E-state index in [1.807, 2.05) is 53.2 Å². The molecule has 0 atom stereocenters. The van der Waals surface area contributed by atoms with E-state index in [1.54, 1.807) is 32.6 Å². The molecule has 2 aromatic carbocycles. The van der Waals surface area contributed by atoms with E-state index in [2.05, 4.69) is 26.5 Å². The molecule has 0 aliphatic rings. The zero-order valence-corrected chi connectivity index (χ0v) is 17.8. The molecule has 0 aliphatic carbocycles. The average molecular weight is 468 g/mol. The largest absolute Gasteiger partial charge is 0.497 e. The Kier molecular flexibility index (Phi) is 5.58. The van der Waals surface area contributed by atoms with E-state index >= 15 is 0 Å². The highest BCUT2D eigenvalue weighted by Gasteiger charge is 2.15. The number of hydrogen-bond acceptors (Lipinski definition) is 5. The number of halogens is 1. The van der Waals surface area contributed by atoms with Crippen molar-refractivity contribution in [3.63, 3.8) is 0 Å². The summed E-state index contributed by atoms with van der Waals surface area (Å²) < 4.78 is 18.9. The molecule has 2 heterocycles. The Morgan fingerprint density at radius 2 is 1.93 bits per heavy atom. The van der Waals surface area contributed by atoms with Crippen molar-refractivity contribution in [3.05, 3.63) is 76.7 Å². The van der Waals surface area contributed by atoms with Crippen LogP contribution in [0.3, 0.4) is 0 Å². The van der Waals surface area contributed by atoms with Crippen LogP contribution in [0.5, 0.6) is 11.5 Å². The maximum absolute atomic E-state index is 12.5. The summed E-state index contributed by atoms with van der Waals surface area (Å²) in [6.45, 7) is 0. The summed E-state index contributed by atoms with van der Waals surface area (Å²) in [4.78, 5) is 12.5. The molecule has 1 N–H and O–H groups in total. The molecule has 7 nitrogen and oxygen atoms in total. The lowest BCUT2D eigenvalue weighted by atomic mass is 10.2. The third-order valence-corrected chi connectivity index (χ3v) is 4.94. The number of hydrazone groups is 1. The molecule has 0 unspecified atom stereocenters. The maximum Gasteiger partial charge on any atom is 0.307 e. The number of methoxy groups -OCH3 is 2. The van der Waals surface area contributed by atoms with Crippen molar-refractivity contribution in [2.45, 2.75) is 0 Å². The quantitative estimate of drug-likeness (QED) is 0.327. The number of carbonyl (C=O) groups is 1. The number of amides is 1. The molecule has 2 aromatic heterocycles. The monoisotopic (exact) mass is 467 g/mol. The fraction of sp³-hybridized carbons (Fsp3) is 0.0909. The molecule has 152 valence electrons. The molecule has 0 saturated heterocycles. The Morgan fingerprint density at radius 1 is 1.13 bits per heavy atom. The van der Waals surface area contributed by atoms with Crippen molar-refractivity contribution >= 4 is 39.0 Å². The van der Waals surface area contributed by atoms with Crippen LogP contribution in [0, 0.1) is 0 Å². The second kappa shape index (κ2) is 8.46. The molecular formula is C22H18BrN3O4. The lowest BCUT2D eigenvalue weighted by Crippen LogP contribution is -2.17. The molecule has 1 amide bonds. The Labute approximate surface area is 181 Å². The van der Waals surface area contributed by atoms with Crippen LogP contribution in [0.4, 0.5) is 0 Å². The summed E-state index contributed by atoms with van der Waals surface area (Å²) in [5, 5.41) is 4.82. The molecule has 4 rings (SSSR count). The molecule has 0 spiro atoms. The van der Waals surface area contributed by atoms with Gasteiger partial charge in [-0.15, -0.1) is 0 Å². The Bertz CT molecular complexity index is 1230. The first kappa shape index (κ1) is 19.8. The number of ether oxygens (including phenoxy) is 2. The highest BCUT2D eigenvalue weighted by atomic mass is 79.9. The average Bonchev–Trinajstić information content (AvgIpc) is 3.40. The lowest BCUT2D eigenvalue weighted by molar-refractivity contribution is 0.0929. The van der Waals surface area contributed by atoms with Gasteiger partial charge in [-0.2, -0.15) is 5.10 Å². The predicted molar refractivity (Wildman–Crippen MR) is 118 cm³/mol. The van der Waals surface area contributed by atoms with Gasteiger partial charge >= 0.3 is 5.91 Å². The minimum Gasteiger partial charge on any atom is -0.497 e. The Morgan fingerprint density at radius 3 is 2.67 bits per heavy atom. The van der Waals surface area contributed by atoms with Crippen LogP contribution in [0.2, 0.25) is 0 Å². The number of fused-ring (bicyclic) bond motifs is 1. The molecule has 0 aliphatic heterocycles. The standard InChI is InChI=1S/C22H18BrN3O4/c1-28-18-7-5-16(6-8-18)26-9-3-4-17(26)13-24-25-22(27)20-11-14-10-15(23)12-19(29-2)21(14)30-20/h3-13H,1-2H3,(H,25,27)/b24-13-. The predicted octanol–water partition coefficient (Wildman–Crippen LogP) is 4.77. The van der Waals surface area contributed by atoms with Crippen molar-refractivity contribution in [1.29, 1.82) is 0 Å². The fourth-order valence-electron chi connectivity index (χ4n) is 3.04. The van der Waals surface area contributed by atoms with Gasteiger partial charge in [-0.1, -0.05) is 15.9 Å². The number of nitrogens with zero attached hydrogens (tertiary/aromatic N) is 2. The van der Waals surface area contributed by atoms with Gasteiger partial charge in [-0.3, -0.25) is 4.79 Å². The summed E-state index contributed by atoms with van der Waals surface area (Å²) in [7, 11) is 3.17. The van der Waals surface area contributed by atoms with Gasteiger partial charge in [0.1, 0.15) is 5.75 Å². The number of aromatic nitrogens is 1. The van der Waals surface area contributed by atoms with Crippen LogP contribution < -0.4 is 14.9 Å². The van der Waals surface area contributed by atoms with E-state index in [0.29, 0.717) is 11.3 Å². The Hall–Kier alpha value is -3.52. The Balaban J connectivity index is 1.51. The van der Waals surface area contributed by atoms with Crippen LogP contribution in [0.15, 0.2) is 74.8 Å². The summed E-state index contributed by atoms with van der Waals surface area (Å²) in [6.07, 6.45) is 3.48. The van der Waals surface area contributed by atoms with Crippen LogP contribution in [0.1, 0.15) is 16.2 Å². The van der Waals surface area contributed by atoms with Gasteiger partial charge in [0.25, 0.3) is 0 Å². The van der Waals surface area contributed by atoms with Crippen molar-refractivity contribution < 1.29 is 18.7 Å². The molecule has 0 radical (unpaired) electrons. The minimum atomic E-state index is -0.455. The highest BCUT2D eigenvalue weighted by Crippen LogP contribution is 2.32. The zero-order chi connectivity index (χ0) is 21.1. The van der Waals surface area contributed by atoms with E-state index in [-0.39, 0.29) is 5.76 Å². The molecule has 0 bridgehead atoms. The second-order valence-electron chi connectivity index (χ2n) is 6.34. The number of hydrogen-bond donors (Lipinski definition) is 1. The third-order valence-electron chi connectivity index (χ3n) is 4.48. The zero-order valence-electron chi connectivity index (χ0n) is 16.3. The highest BCUT2D eigenvalue weighted by molar-refractivity contribution is 9.10. The topological polar surface area (TPSA) is 78.0 Å².